The van der Waals surface area contributed by atoms with Crippen LogP contribution in [0, 0.1) is 0 Å². The third kappa shape index (κ3) is 5.11. The van der Waals surface area contributed by atoms with Crippen molar-refractivity contribution in [2.24, 2.45) is 0 Å². The molecule has 0 atom stereocenters. The van der Waals surface area contributed by atoms with E-state index in [0.29, 0.717) is 0 Å². The van der Waals surface area contributed by atoms with Crippen LogP contribution in [0.3, 0.4) is 0 Å². The van der Waals surface area contributed by atoms with Crippen molar-refractivity contribution >= 4 is 49.1 Å². The van der Waals surface area contributed by atoms with Crippen LogP contribution in [0.25, 0.3) is 0 Å². The Morgan fingerprint density at radius 2 is 1.45 bits per heavy atom. The summed E-state index contributed by atoms with van der Waals surface area (Å²) in [7, 11) is 3.83. The third-order valence-electron chi connectivity index (χ3n) is 3.10. The molecule has 0 fully saturated rings. The highest BCUT2D eigenvalue weighted by molar-refractivity contribution is 8.86. The molecule has 0 bridgehead atoms. The van der Waals surface area contributed by atoms with Gasteiger partial charge in [-0.05, 0) is 12.7 Å². The van der Waals surface area contributed by atoms with Gasteiger partial charge in [-0.25, -0.2) is 0 Å². The summed E-state index contributed by atoms with van der Waals surface area (Å²) in [5.41, 5.74) is 2.42. The van der Waals surface area contributed by atoms with E-state index in [0.717, 1.165) is 0 Å². The molecule has 2 aromatic carbocycles. The minimum Gasteiger partial charge on any atom is -0.142 e. The van der Waals surface area contributed by atoms with Crippen molar-refractivity contribution in [1.82, 2.24) is 4.58 Å². The van der Waals surface area contributed by atoms with Gasteiger partial charge in [0.1, 0.15) is 0 Å². The highest BCUT2D eigenvalue weighted by Gasteiger charge is 2.20. The summed E-state index contributed by atoms with van der Waals surface area (Å²) >= 11 is 1.81. The molecule has 0 spiro atoms. The average molecular weight is 349 g/mol. The predicted octanol–water partition coefficient (Wildman–Crippen LogP) is 6.42. The average Bonchev–Trinajstić information content (AvgIpc) is 2.59. The number of unbranched alkanes of at least 4 members (excludes halogenated alkanes) is 1. The van der Waals surface area contributed by atoms with Gasteiger partial charge in [-0.3, -0.25) is 0 Å². The van der Waals surface area contributed by atoms with Crippen LogP contribution < -0.4 is 4.58 Å². The van der Waals surface area contributed by atoms with Crippen LogP contribution in [0.4, 0.5) is 11.4 Å². The third-order valence-corrected chi connectivity index (χ3v) is 6.92. The molecule has 1 nitrogen and oxygen atoms in total. The first-order valence-corrected chi connectivity index (χ1v) is 11.0. The highest BCUT2D eigenvalue weighted by atomic mass is 33.1. The summed E-state index contributed by atoms with van der Waals surface area (Å²) in [4.78, 5) is 0. The lowest BCUT2D eigenvalue weighted by molar-refractivity contribution is 0.898. The molecule has 2 aromatic rings. The molecule has 0 heterocycles. The van der Waals surface area contributed by atoms with Crippen LogP contribution in [-0.4, -0.2) is 16.4 Å². The van der Waals surface area contributed by atoms with Gasteiger partial charge in [0.25, 0.3) is 4.38 Å². The number of rotatable bonds is 6. The molecule has 4 heteroatoms. The van der Waals surface area contributed by atoms with Gasteiger partial charge in [0.15, 0.2) is 0 Å². The van der Waals surface area contributed by atoms with Crippen molar-refractivity contribution in [1.29, 1.82) is 0 Å². The maximum atomic E-state index is 2.34. The Morgan fingerprint density at radius 1 is 0.909 bits per heavy atom. The van der Waals surface area contributed by atoms with Crippen molar-refractivity contribution in [2.75, 3.05) is 12.0 Å². The second-order valence-electron chi connectivity index (χ2n) is 4.74. The van der Waals surface area contributed by atoms with Crippen molar-refractivity contribution in [2.45, 2.75) is 19.8 Å². The van der Waals surface area contributed by atoms with Gasteiger partial charge in [-0.1, -0.05) is 72.3 Å². The van der Waals surface area contributed by atoms with E-state index in [1.54, 1.807) is 0 Å². The van der Waals surface area contributed by atoms with E-state index in [9.17, 15) is 0 Å². The van der Waals surface area contributed by atoms with Crippen molar-refractivity contribution < 1.29 is 0 Å². The molecule has 0 N–H and O–H groups in total. The maximum absolute atomic E-state index is 2.34. The first-order valence-electron chi connectivity index (χ1n) is 7.47. The van der Waals surface area contributed by atoms with Crippen LogP contribution in [0.15, 0.2) is 60.7 Å². The normalized spacial score (nSPS) is 10.5. The summed E-state index contributed by atoms with van der Waals surface area (Å²) < 4.78 is 3.65. The summed E-state index contributed by atoms with van der Waals surface area (Å²) in [5, 5.41) is 0. The fourth-order valence-corrected chi connectivity index (χ4v) is 5.69. The Balaban J connectivity index is 2.35. The lowest BCUT2D eigenvalue weighted by Crippen LogP contribution is -2.10. The quantitative estimate of drug-likeness (QED) is 0.195. The number of thioether (sulfide) groups is 1. The van der Waals surface area contributed by atoms with E-state index in [-0.39, 0.29) is 0 Å². The highest BCUT2D eigenvalue weighted by Crippen LogP contribution is 2.33. The molecule has 0 amide bonds. The fourth-order valence-electron chi connectivity index (χ4n) is 1.97. The molecule has 0 saturated carbocycles. The molecule has 0 aliphatic rings. The SMILES string of the molecule is CCCCSSC(SC)=[N+](c1ccccc1)c1ccccc1. The molecule has 0 aliphatic heterocycles. The van der Waals surface area contributed by atoms with Gasteiger partial charge >= 0.3 is 0 Å². The largest absolute Gasteiger partial charge is 0.292 e. The maximum Gasteiger partial charge on any atom is 0.292 e. The summed E-state index contributed by atoms with van der Waals surface area (Å²) in [6.07, 6.45) is 4.68. The Hall–Kier alpha value is -0.840. The molecule has 0 aromatic heterocycles. The lowest BCUT2D eigenvalue weighted by atomic mass is 10.2. The van der Waals surface area contributed by atoms with Crippen LogP contribution in [0.2, 0.25) is 0 Å². The second-order valence-corrected chi connectivity index (χ2v) is 8.19. The predicted molar refractivity (Wildman–Crippen MR) is 108 cm³/mol. The Kier molecular flexibility index (Phi) is 7.99. The molecule has 0 saturated heterocycles. The van der Waals surface area contributed by atoms with Crippen molar-refractivity contribution in [3.05, 3.63) is 60.7 Å². The van der Waals surface area contributed by atoms with Gasteiger partial charge in [-0.2, -0.15) is 0 Å². The molecule has 22 heavy (non-hydrogen) atoms. The zero-order valence-electron chi connectivity index (χ0n) is 13.1. The molecular weight excluding hydrogens is 326 g/mol. The first kappa shape index (κ1) is 17.5. The molecule has 0 radical (unpaired) electrons. The van der Waals surface area contributed by atoms with Gasteiger partial charge in [0.05, 0.1) is 0 Å². The number of benzene rings is 2. The van der Waals surface area contributed by atoms with E-state index in [2.05, 4.69) is 78.4 Å². The standard InChI is InChI=1S/C18H22NS3/c1-3-4-15-21-22-18(20-2)19(16-11-7-5-8-12-16)17-13-9-6-10-14-17/h5-14H,3-4,15H2,1-2H3/q+1. The van der Waals surface area contributed by atoms with E-state index in [1.807, 2.05) is 33.3 Å². The van der Waals surface area contributed by atoms with Crippen molar-refractivity contribution in [3.63, 3.8) is 0 Å². The van der Waals surface area contributed by atoms with E-state index in [1.165, 1.54) is 34.3 Å². The van der Waals surface area contributed by atoms with Crippen molar-refractivity contribution in [3.8, 4) is 0 Å². The Labute approximate surface area is 146 Å². The zero-order chi connectivity index (χ0) is 15.6. The van der Waals surface area contributed by atoms with E-state index in [4.69, 9.17) is 0 Å². The smallest absolute Gasteiger partial charge is 0.142 e. The van der Waals surface area contributed by atoms with Crippen LogP contribution in [-0.2, 0) is 0 Å². The van der Waals surface area contributed by atoms with Crippen LogP contribution >= 0.6 is 33.3 Å². The number of hydrogen-bond acceptors (Lipinski definition) is 3. The minimum atomic E-state index is 1.20. The first-order chi connectivity index (χ1) is 10.9. The molecule has 0 unspecified atom stereocenters. The zero-order valence-corrected chi connectivity index (χ0v) is 15.5. The molecular formula is C18H22NS3+. The van der Waals surface area contributed by atoms with Gasteiger partial charge < -0.3 is 0 Å². The second kappa shape index (κ2) is 10.0. The van der Waals surface area contributed by atoms with Gasteiger partial charge in [0.2, 0.25) is 11.4 Å². The molecule has 0 aliphatic carbocycles. The van der Waals surface area contributed by atoms with Crippen LogP contribution in [0.5, 0.6) is 0 Å². The van der Waals surface area contributed by atoms with Crippen LogP contribution in [0.1, 0.15) is 19.8 Å². The summed E-state index contributed by atoms with van der Waals surface area (Å²) in [6, 6.07) is 21.2. The topological polar surface area (TPSA) is 3.01 Å². The lowest BCUT2D eigenvalue weighted by Gasteiger charge is -2.07. The Bertz CT molecular complexity index is 540. The minimum absolute atomic E-state index is 1.20. The number of para-hydroxylation sites is 2. The number of nitrogens with zero attached hydrogens (tertiary/aromatic N) is 1. The molecule has 2 rings (SSSR count). The summed E-state index contributed by atoms with van der Waals surface area (Å²) in [5.74, 6) is 1.20. The van der Waals surface area contributed by atoms with E-state index >= 15 is 0 Å². The molecule has 116 valence electrons. The van der Waals surface area contributed by atoms with Gasteiger partial charge in [0, 0.05) is 40.8 Å². The fraction of sp³-hybridized carbons (Fsp3) is 0.278. The number of hydrogen-bond donors (Lipinski definition) is 0. The van der Waals surface area contributed by atoms with Gasteiger partial charge in [-0.15, -0.1) is 4.58 Å². The summed E-state index contributed by atoms with van der Waals surface area (Å²) in [6.45, 7) is 2.24. The Morgan fingerprint density at radius 3 is 1.91 bits per heavy atom. The monoisotopic (exact) mass is 348 g/mol. The van der Waals surface area contributed by atoms with E-state index < -0.39 is 0 Å².